The molecule has 0 unspecified atom stereocenters. The Morgan fingerprint density at radius 3 is 2.79 bits per heavy atom. The van der Waals surface area contributed by atoms with E-state index in [-0.39, 0.29) is 12.0 Å². The molecule has 6 nitrogen and oxygen atoms in total. The summed E-state index contributed by atoms with van der Waals surface area (Å²) in [5, 5.41) is 0.512. The predicted molar refractivity (Wildman–Crippen MR) is 77.1 cm³/mol. The molecule has 0 aliphatic carbocycles. The molecule has 0 radical (unpaired) electrons. The Kier molecular flexibility index (Phi) is 4.94. The molecule has 0 atom stereocenters. The molecule has 1 aromatic carbocycles. The zero-order valence-electron chi connectivity index (χ0n) is 10.1. The number of benzene rings is 1. The van der Waals surface area contributed by atoms with Crippen LogP contribution in [0.1, 0.15) is 6.92 Å². The summed E-state index contributed by atoms with van der Waals surface area (Å²) in [5.41, 5.74) is 2.40. The van der Waals surface area contributed by atoms with E-state index in [9.17, 15) is 0 Å². The Hall–Kier alpha value is -1.38. The summed E-state index contributed by atoms with van der Waals surface area (Å²) in [4.78, 5) is 13.4. The Bertz CT molecular complexity index is 569. The first-order valence-corrected chi connectivity index (χ1v) is 7.11. The maximum Gasteiger partial charge on any atom is 0.322 e. The lowest BCUT2D eigenvalue weighted by atomic mass is 10.4. The lowest BCUT2D eigenvalue weighted by molar-refractivity contribution is 0.308. The standard InChI is InChI=1S/C11H12BrN5OS/c1-2-18-10-14-9(17-13)15-11(16-10)19-8-6-4-3-5-7(8)12/h3-6H,2,13H2,1H3,(H,14,15,16,17). The van der Waals surface area contributed by atoms with Crippen molar-refractivity contribution in [3.05, 3.63) is 28.7 Å². The van der Waals surface area contributed by atoms with Gasteiger partial charge in [0.2, 0.25) is 11.1 Å². The minimum absolute atomic E-state index is 0.250. The number of halogens is 1. The van der Waals surface area contributed by atoms with Gasteiger partial charge < -0.3 is 4.74 Å². The van der Waals surface area contributed by atoms with E-state index in [0.29, 0.717) is 11.8 Å². The van der Waals surface area contributed by atoms with E-state index in [1.807, 2.05) is 31.2 Å². The van der Waals surface area contributed by atoms with E-state index in [0.717, 1.165) is 9.37 Å². The molecule has 0 amide bonds. The molecule has 8 heteroatoms. The Labute approximate surface area is 123 Å². The molecule has 0 saturated heterocycles. The highest BCUT2D eigenvalue weighted by molar-refractivity contribution is 9.10. The van der Waals surface area contributed by atoms with Gasteiger partial charge in [-0.05, 0) is 46.7 Å². The SMILES string of the molecule is CCOc1nc(NN)nc(Sc2ccccc2Br)n1. The fraction of sp³-hybridized carbons (Fsp3) is 0.182. The average molecular weight is 342 g/mol. The second-order valence-corrected chi connectivity index (χ2v) is 5.20. The third kappa shape index (κ3) is 3.79. The molecule has 0 bridgehead atoms. The highest BCUT2D eigenvalue weighted by atomic mass is 79.9. The first-order chi connectivity index (χ1) is 9.22. The molecule has 100 valence electrons. The van der Waals surface area contributed by atoms with Crippen LogP contribution in [0.3, 0.4) is 0 Å². The van der Waals surface area contributed by atoms with Gasteiger partial charge in [-0.1, -0.05) is 12.1 Å². The highest BCUT2D eigenvalue weighted by Crippen LogP contribution is 2.31. The van der Waals surface area contributed by atoms with Crippen LogP contribution in [-0.4, -0.2) is 21.6 Å². The normalized spacial score (nSPS) is 10.3. The van der Waals surface area contributed by atoms with Gasteiger partial charge in [-0.3, -0.25) is 5.43 Å². The summed E-state index contributed by atoms with van der Waals surface area (Å²) >= 11 is 4.87. The van der Waals surface area contributed by atoms with Crippen LogP contribution in [0.25, 0.3) is 0 Å². The average Bonchev–Trinajstić information content (AvgIpc) is 2.41. The minimum atomic E-state index is 0.250. The summed E-state index contributed by atoms with van der Waals surface area (Å²) in [6.07, 6.45) is 0. The fourth-order valence-electron chi connectivity index (χ4n) is 1.27. The van der Waals surface area contributed by atoms with Gasteiger partial charge in [0.25, 0.3) is 0 Å². The third-order valence-corrected chi connectivity index (χ3v) is 3.93. The Balaban J connectivity index is 2.29. The van der Waals surface area contributed by atoms with Crippen molar-refractivity contribution in [1.29, 1.82) is 0 Å². The maximum absolute atomic E-state index is 5.33. The molecule has 0 aliphatic rings. The van der Waals surface area contributed by atoms with Gasteiger partial charge in [0.15, 0.2) is 0 Å². The molecular weight excluding hydrogens is 330 g/mol. The zero-order valence-corrected chi connectivity index (χ0v) is 12.5. The number of hydrogen-bond donors (Lipinski definition) is 2. The number of anilines is 1. The van der Waals surface area contributed by atoms with Gasteiger partial charge >= 0.3 is 6.01 Å². The number of nitrogens with one attached hydrogen (secondary N) is 1. The van der Waals surface area contributed by atoms with Gasteiger partial charge in [0, 0.05) is 9.37 Å². The number of nitrogens with zero attached hydrogens (tertiary/aromatic N) is 3. The summed E-state index contributed by atoms with van der Waals surface area (Å²) < 4.78 is 6.25. The third-order valence-electron chi connectivity index (χ3n) is 2.03. The number of hydrazine groups is 1. The van der Waals surface area contributed by atoms with E-state index >= 15 is 0 Å². The lowest BCUT2D eigenvalue weighted by Crippen LogP contribution is -2.12. The van der Waals surface area contributed by atoms with E-state index in [1.54, 1.807) is 0 Å². The number of ether oxygens (including phenoxy) is 1. The van der Waals surface area contributed by atoms with E-state index in [1.165, 1.54) is 11.8 Å². The van der Waals surface area contributed by atoms with E-state index < -0.39 is 0 Å². The van der Waals surface area contributed by atoms with Crippen LogP contribution >= 0.6 is 27.7 Å². The maximum atomic E-state index is 5.33. The first-order valence-electron chi connectivity index (χ1n) is 5.50. The molecule has 0 aliphatic heterocycles. The molecule has 0 spiro atoms. The lowest BCUT2D eigenvalue weighted by Gasteiger charge is -2.07. The number of nitrogens with two attached hydrogens (primary N) is 1. The molecule has 0 saturated carbocycles. The summed E-state index contributed by atoms with van der Waals surface area (Å²) in [5.74, 6) is 5.60. The summed E-state index contributed by atoms with van der Waals surface area (Å²) in [7, 11) is 0. The van der Waals surface area contributed by atoms with Gasteiger partial charge in [-0.15, -0.1) is 0 Å². The van der Waals surface area contributed by atoms with Crippen LogP contribution in [0.2, 0.25) is 0 Å². The second-order valence-electron chi connectivity index (χ2n) is 3.33. The fourth-order valence-corrected chi connectivity index (χ4v) is 2.56. The van der Waals surface area contributed by atoms with Crippen LogP contribution in [0.4, 0.5) is 5.95 Å². The van der Waals surface area contributed by atoms with E-state index in [4.69, 9.17) is 10.6 Å². The van der Waals surface area contributed by atoms with Crippen LogP contribution < -0.4 is 16.0 Å². The second kappa shape index (κ2) is 6.69. The number of rotatable bonds is 5. The summed E-state index contributed by atoms with van der Waals surface area (Å²) in [6.45, 7) is 2.34. The van der Waals surface area contributed by atoms with Crippen molar-refractivity contribution in [2.24, 2.45) is 5.84 Å². The summed E-state index contributed by atoms with van der Waals surface area (Å²) in [6, 6.07) is 8.06. The van der Waals surface area contributed by atoms with Crippen molar-refractivity contribution in [2.75, 3.05) is 12.0 Å². The molecule has 2 aromatic rings. The highest BCUT2D eigenvalue weighted by Gasteiger charge is 2.09. The van der Waals surface area contributed by atoms with Crippen molar-refractivity contribution in [2.45, 2.75) is 17.0 Å². The van der Waals surface area contributed by atoms with Crippen molar-refractivity contribution < 1.29 is 4.74 Å². The smallest absolute Gasteiger partial charge is 0.322 e. The van der Waals surface area contributed by atoms with Gasteiger partial charge in [-0.25, -0.2) is 5.84 Å². The molecule has 19 heavy (non-hydrogen) atoms. The quantitative estimate of drug-likeness (QED) is 0.638. The topological polar surface area (TPSA) is 86.0 Å². The number of nitrogen functional groups attached to an aromatic ring is 1. The van der Waals surface area contributed by atoms with Crippen LogP contribution in [-0.2, 0) is 0 Å². The van der Waals surface area contributed by atoms with Crippen LogP contribution in [0.15, 0.2) is 38.8 Å². The van der Waals surface area contributed by atoms with Gasteiger partial charge in [-0.2, -0.15) is 15.0 Å². The minimum Gasteiger partial charge on any atom is -0.464 e. The predicted octanol–water partition coefficient (Wildman–Crippen LogP) is 2.47. The molecule has 0 fully saturated rings. The van der Waals surface area contributed by atoms with Crippen molar-refractivity contribution in [3.8, 4) is 6.01 Å². The number of aromatic nitrogens is 3. The Morgan fingerprint density at radius 1 is 1.32 bits per heavy atom. The van der Waals surface area contributed by atoms with Crippen molar-refractivity contribution >= 4 is 33.6 Å². The van der Waals surface area contributed by atoms with Crippen LogP contribution in [0, 0.1) is 0 Å². The van der Waals surface area contributed by atoms with Crippen molar-refractivity contribution in [1.82, 2.24) is 15.0 Å². The van der Waals surface area contributed by atoms with Crippen molar-refractivity contribution in [3.63, 3.8) is 0 Å². The van der Waals surface area contributed by atoms with E-state index in [2.05, 4.69) is 36.3 Å². The first kappa shape index (κ1) is 14.0. The largest absolute Gasteiger partial charge is 0.464 e. The Morgan fingerprint density at radius 2 is 2.11 bits per heavy atom. The zero-order chi connectivity index (χ0) is 13.7. The molecular formula is C11H12BrN5OS. The number of hydrogen-bond acceptors (Lipinski definition) is 7. The monoisotopic (exact) mass is 341 g/mol. The molecule has 2 rings (SSSR count). The molecule has 1 aromatic heterocycles. The molecule has 3 N–H and O–H groups in total. The van der Waals surface area contributed by atoms with Gasteiger partial charge in [0.1, 0.15) is 0 Å². The van der Waals surface area contributed by atoms with Crippen LogP contribution in [0.5, 0.6) is 6.01 Å². The molecule has 1 heterocycles. The van der Waals surface area contributed by atoms with Gasteiger partial charge in [0.05, 0.1) is 6.61 Å².